The van der Waals surface area contributed by atoms with E-state index in [-0.39, 0.29) is 12.4 Å². The molecule has 0 saturated carbocycles. The minimum absolute atomic E-state index is 0.108. The summed E-state index contributed by atoms with van der Waals surface area (Å²) in [6, 6.07) is 5.27. The second-order valence-electron chi connectivity index (χ2n) is 5.15. The minimum Gasteiger partial charge on any atom is -0.392 e. The molecular formula is C14H20FNO. The SMILES string of the molecule is CC1CCN(c2cc(F)cc(CO)c2)C(C)C1. The first-order chi connectivity index (χ1) is 8.10. The molecule has 1 fully saturated rings. The summed E-state index contributed by atoms with van der Waals surface area (Å²) < 4.78 is 13.4. The predicted octanol–water partition coefficient (Wildman–Crippen LogP) is 2.94. The van der Waals surface area contributed by atoms with E-state index in [1.54, 1.807) is 6.07 Å². The smallest absolute Gasteiger partial charge is 0.125 e. The average molecular weight is 237 g/mol. The topological polar surface area (TPSA) is 23.5 Å². The highest BCUT2D eigenvalue weighted by Crippen LogP contribution is 2.28. The van der Waals surface area contributed by atoms with Gasteiger partial charge in [-0.3, -0.25) is 0 Å². The summed E-state index contributed by atoms with van der Waals surface area (Å²) in [5, 5.41) is 9.11. The standard InChI is InChI=1S/C14H20FNO/c1-10-3-4-16(11(2)5-10)14-7-12(9-17)6-13(15)8-14/h6-8,10-11,17H,3-5,9H2,1-2H3. The largest absolute Gasteiger partial charge is 0.392 e. The van der Waals surface area contributed by atoms with Crippen molar-refractivity contribution in [2.45, 2.75) is 39.3 Å². The maximum absolute atomic E-state index is 13.4. The van der Waals surface area contributed by atoms with Crippen molar-refractivity contribution in [3.63, 3.8) is 0 Å². The fraction of sp³-hybridized carbons (Fsp3) is 0.571. The summed E-state index contributed by atoms with van der Waals surface area (Å²) in [5.74, 6) is 0.476. The molecule has 0 bridgehead atoms. The molecule has 0 amide bonds. The van der Waals surface area contributed by atoms with E-state index in [4.69, 9.17) is 5.11 Å². The zero-order valence-corrected chi connectivity index (χ0v) is 10.5. The van der Waals surface area contributed by atoms with E-state index in [0.717, 1.165) is 31.0 Å². The number of hydrogen-bond acceptors (Lipinski definition) is 2. The Hall–Kier alpha value is -1.09. The first kappa shape index (κ1) is 12.4. The van der Waals surface area contributed by atoms with Gasteiger partial charge in [-0.1, -0.05) is 6.92 Å². The summed E-state index contributed by atoms with van der Waals surface area (Å²) in [5.41, 5.74) is 1.54. The van der Waals surface area contributed by atoms with Crippen LogP contribution in [0.25, 0.3) is 0 Å². The lowest BCUT2D eigenvalue weighted by atomic mass is 9.93. The quantitative estimate of drug-likeness (QED) is 0.855. The molecule has 0 aromatic heterocycles. The van der Waals surface area contributed by atoms with Gasteiger partial charge < -0.3 is 10.0 Å². The molecule has 2 unspecified atom stereocenters. The molecule has 1 saturated heterocycles. The van der Waals surface area contributed by atoms with Gasteiger partial charge in [0.2, 0.25) is 0 Å². The lowest BCUT2D eigenvalue weighted by Crippen LogP contribution is -2.40. The maximum atomic E-state index is 13.4. The number of nitrogens with zero attached hydrogens (tertiary/aromatic N) is 1. The molecule has 3 heteroatoms. The van der Waals surface area contributed by atoms with Crippen LogP contribution in [-0.4, -0.2) is 17.7 Å². The minimum atomic E-state index is -0.266. The number of rotatable bonds is 2. The van der Waals surface area contributed by atoms with Crippen LogP contribution in [0.5, 0.6) is 0 Å². The second-order valence-corrected chi connectivity index (χ2v) is 5.15. The van der Waals surface area contributed by atoms with Crippen molar-refractivity contribution < 1.29 is 9.50 Å². The Balaban J connectivity index is 2.24. The van der Waals surface area contributed by atoms with Gasteiger partial charge in [0.25, 0.3) is 0 Å². The average Bonchev–Trinajstić information content (AvgIpc) is 2.28. The molecule has 2 rings (SSSR count). The van der Waals surface area contributed by atoms with Crippen LogP contribution in [0.4, 0.5) is 10.1 Å². The third-order valence-corrected chi connectivity index (χ3v) is 3.59. The Bertz CT molecular complexity index is 394. The monoisotopic (exact) mass is 237 g/mol. The van der Waals surface area contributed by atoms with Gasteiger partial charge in [-0.15, -0.1) is 0 Å². The number of piperidine rings is 1. The van der Waals surface area contributed by atoms with Crippen LogP contribution in [-0.2, 0) is 6.61 Å². The van der Waals surface area contributed by atoms with Crippen LogP contribution < -0.4 is 4.90 Å². The molecule has 2 nitrogen and oxygen atoms in total. The van der Waals surface area contributed by atoms with E-state index >= 15 is 0 Å². The molecule has 0 radical (unpaired) electrons. The van der Waals surface area contributed by atoms with Crippen molar-refractivity contribution in [1.82, 2.24) is 0 Å². The third-order valence-electron chi connectivity index (χ3n) is 3.59. The Kier molecular flexibility index (Phi) is 3.67. The van der Waals surface area contributed by atoms with Crippen molar-refractivity contribution in [3.8, 4) is 0 Å². The van der Waals surface area contributed by atoms with Crippen molar-refractivity contribution in [2.24, 2.45) is 5.92 Å². The van der Waals surface area contributed by atoms with Gasteiger partial charge in [0, 0.05) is 18.3 Å². The van der Waals surface area contributed by atoms with E-state index in [0.29, 0.717) is 11.6 Å². The molecule has 1 heterocycles. The van der Waals surface area contributed by atoms with Gasteiger partial charge in [0.15, 0.2) is 0 Å². The van der Waals surface area contributed by atoms with Gasteiger partial charge in [0.1, 0.15) is 5.82 Å². The van der Waals surface area contributed by atoms with E-state index in [1.165, 1.54) is 6.07 Å². The molecule has 1 aliphatic heterocycles. The summed E-state index contributed by atoms with van der Waals surface area (Å²) in [6.07, 6.45) is 2.29. The van der Waals surface area contributed by atoms with Crippen LogP contribution in [0.2, 0.25) is 0 Å². The highest BCUT2D eigenvalue weighted by Gasteiger charge is 2.23. The fourth-order valence-corrected chi connectivity index (χ4v) is 2.68. The Morgan fingerprint density at radius 1 is 1.35 bits per heavy atom. The Morgan fingerprint density at radius 2 is 2.12 bits per heavy atom. The van der Waals surface area contributed by atoms with Gasteiger partial charge in [0.05, 0.1) is 6.61 Å². The molecule has 0 spiro atoms. The predicted molar refractivity (Wildman–Crippen MR) is 67.5 cm³/mol. The molecule has 1 aliphatic rings. The van der Waals surface area contributed by atoms with Gasteiger partial charge in [-0.2, -0.15) is 0 Å². The van der Waals surface area contributed by atoms with E-state index in [2.05, 4.69) is 18.7 Å². The summed E-state index contributed by atoms with van der Waals surface area (Å²) in [6.45, 7) is 5.30. The number of halogens is 1. The fourth-order valence-electron chi connectivity index (χ4n) is 2.68. The van der Waals surface area contributed by atoms with Crippen molar-refractivity contribution in [1.29, 1.82) is 0 Å². The van der Waals surface area contributed by atoms with Crippen molar-refractivity contribution in [3.05, 3.63) is 29.6 Å². The lowest BCUT2D eigenvalue weighted by Gasteiger charge is -2.38. The zero-order chi connectivity index (χ0) is 12.4. The normalized spacial score (nSPS) is 25.1. The number of aliphatic hydroxyl groups excluding tert-OH is 1. The maximum Gasteiger partial charge on any atom is 0.125 e. The van der Waals surface area contributed by atoms with Crippen LogP contribution in [0.3, 0.4) is 0 Å². The molecule has 1 N–H and O–H groups in total. The molecule has 1 aromatic carbocycles. The summed E-state index contributed by atoms with van der Waals surface area (Å²) in [7, 11) is 0. The van der Waals surface area contributed by atoms with Gasteiger partial charge in [-0.25, -0.2) is 4.39 Å². The first-order valence-corrected chi connectivity index (χ1v) is 6.27. The number of hydrogen-bond donors (Lipinski definition) is 1. The van der Waals surface area contributed by atoms with E-state index in [1.807, 2.05) is 6.07 Å². The highest BCUT2D eigenvalue weighted by molar-refractivity contribution is 5.50. The van der Waals surface area contributed by atoms with Gasteiger partial charge in [-0.05, 0) is 49.4 Å². The first-order valence-electron chi connectivity index (χ1n) is 6.27. The lowest BCUT2D eigenvalue weighted by molar-refractivity contribution is 0.281. The van der Waals surface area contributed by atoms with Crippen LogP contribution in [0.1, 0.15) is 32.3 Å². The van der Waals surface area contributed by atoms with E-state index in [9.17, 15) is 4.39 Å². The highest BCUT2D eigenvalue weighted by atomic mass is 19.1. The number of benzene rings is 1. The zero-order valence-electron chi connectivity index (χ0n) is 10.5. The number of aliphatic hydroxyl groups is 1. The van der Waals surface area contributed by atoms with Crippen molar-refractivity contribution in [2.75, 3.05) is 11.4 Å². The third kappa shape index (κ3) is 2.78. The Morgan fingerprint density at radius 3 is 2.76 bits per heavy atom. The molecule has 0 aliphatic carbocycles. The molecule has 94 valence electrons. The Labute approximate surface area is 102 Å². The van der Waals surface area contributed by atoms with E-state index < -0.39 is 0 Å². The van der Waals surface area contributed by atoms with Crippen LogP contribution in [0, 0.1) is 11.7 Å². The van der Waals surface area contributed by atoms with Crippen LogP contribution >= 0.6 is 0 Å². The number of anilines is 1. The van der Waals surface area contributed by atoms with Crippen LogP contribution in [0.15, 0.2) is 18.2 Å². The molecular weight excluding hydrogens is 217 g/mol. The summed E-state index contributed by atoms with van der Waals surface area (Å²) in [4.78, 5) is 2.24. The second kappa shape index (κ2) is 5.05. The molecule has 2 atom stereocenters. The van der Waals surface area contributed by atoms with Gasteiger partial charge >= 0.3 is 0 Å². The molecule has 1 aromatic rings. The van der Waals surface area contributed by atoms with Crippen molar-refractivity contribution >= 4 is 5.69 Å². The summed E-state index contributed by atoms with van der Waals surface area (Å²) >= 11 is 0. The molecule has 17 heavy (non-hydrogen) atoms.